The molecule has 0 bridgehead atoms. The lowest BCUT2D eigenvalue weighted by Gasteiger charge is -2.18. The maximum atomic E-state index is 4.37. The van der Waals surface area contributed by atoms with Gasteiger partial charge in [-0.05, 0) is 47.7 Å². The Labute approximate surface area is 122 Å². The minimum absolute atomic E-state index is 0.384. The average Bonchev–Trinajstić information content (AvgIpc) is 2.78. The standard InChI is InChI=1S/C14H18IN3/c1-16-13(11-5-3-4-6-12(11)15)7-8-14-17-9-10-18(14)2/h3-6,9-10,13,16H,7-8H2,1-2H3. The van der Waals surface area contributed by atoms with E-state index in [9.17, 15) is 0 Å². The molecule has 1 heterocycles. The minimum atomic E-state index is 0.384. The predicted octanol–water partition coefficient (Wildman–Crippen LogP) is 2.92. The lowest BCUT2D eigenvalue weighted by Crippen LogP contribution is -2.18. The van der Waals surface area contributed by atoms with E-state index in [0.29, 0.717) is 6.04 Å². The van der Waals surface area contributed by atoms with Crippen LogP contribution in [0.15, 0.2) is 36.7 Å². The van der Waals surface area contributed by atoms with Crippen molar-refractivity contribution in [3.05, 3.63) is 51.6 Å². The van der Waals surface area contributed by atoms with Crippen molar-refractivity contribution in [2.75, 3.05) is 7.05 Å². The van der Waals surface area contributed by atoms with Crippen molar-refractivity contribution in [3.8, 4) is 0 Å². The number of nitrogens with one attached hydrogen (secondary N) is 1. The number of aryl methyl sites for hydroxylation is 2. The van der Waals surface area contributed by atoms with Gasteiger partial charge in [0.05, 0.1) is 0 Å². The zero-order chi connectivity index (χ0) is 13.0. The molecule has 0 aliphatic carbocycles. The van der Waals surface area contributed by atoms with Crippen LogP contribution in [0.2, 0.25) is 0 Å². The Morgan fingerprint density at radius 2 is 2.17 bits per heavy atom. The first-order valence-corrected chi connectivity index (χ1v) is 7.18. The van der Waals surface area contributed by atoms with E-state index in [4.69, 9.17) is 0 Å². The fourth-order valence-corrected chi connectivity index (χ4v) is 2.89. The lowest BCUT2D eigenvalue weighted by atomic mass is 10.0. The summed E-state index contributed by atoms with van der Waals surface area (Å²) in [6.07, 6.45) is 5.90. The fraction of sp³-hybridized carbons (Fsp3) is 0.357. The Kier molecular flexibility index (Phi) is 4.77. The van der Waals surface area contributed by atoms with Crippen LogP contribution in [-0.4, -0.2) is 16.6 Å². The average molecular weight is 355 g/mol. The molecule has 2 rings (SSSR count). The zero-order valence-corrected chi connectivity index (χ0v) is 12.9. The largest absolute Gasteiger partial charge is 0.338 e. The van der Waals surface area contributed by atoms with E-state index in [1.807, 2.05) is 26.5 Å². The number of aromatic nitrogens is 2. The SMILES string of the molecule is CNC(CCc1nccn1C)c1ccccc1I. The molecule has 1 aromatic heterocycles. The summed E-state index contributed by atoms with van der Waals surface area (Å²) in [5, 5.41) is 3.40. The van der Waals surface area contributed by atoms with E-state index in [2.05, 4.69) is 61.7 Å². The van der Waals surface area contributed by atoms with Gasteiger partial charge in [0.1, 0.15) is 5.82 Å². The van der Waals surface area contributed by atoms with Crippen molar-refractivity contribution in [2.24, 2.45) is 7.05 Å². The minimum Gasteiger partial charge on any atom is -0.338 e. The summed E-state index contributed by atoms with van der Waals surface area (Å²) < 4.78 is 3.40. The highest BCUT2D eigenvalue weighted by Crippen LogP contribution is 2.23. The van der Waals surface area contributed by atoms with E-state index in [1.54, 1.807) is 0 Å². The smallest absolute Gasteiger partial charge is 0.108 e. The molecule has 18 heavy (non-hydrogen) atoms. The van der Waals surface area contributed by atoms with Crippen molar-refractivity contribution < 1.29 is 0 Å². The van der Waals surface area contributed by atoms with Gasteiger partial charge in [-0.3, -0.25) is 0 Å². The molecule has 1 atom stereocenters. The maximum Gasteiger partial charge on any atom is 0.108 e. The Balaban J connectivity index is 2.07. The molecule has 3 nitrogen and oxygen atoms in total. The molecule has 0 spiro atoms. The van der Waals surface area contributed by atoms with Gasteiger partial charge < -0.3 is 9.88 Å². The van der Waals surface area contributed by atoms with Gasteiger partial charge in [-0.25, -0.2) is 4.98 Å². The molecular formula is C14H18IN3. The second-order valence-corrected chi connectivity index (χ2v) is 5.52. The number of hydrogen-bond donors (Lipinski definition) is 1. The summed E-state index contributed by atoms with van der Waals surface area (Å²) in [5.41, 5.74) is 1.37. The van der Waals surface area contributed by atoms with Crippen molar-refractivity contribution in [3.63, 3.8) is 0 Å². The number of benzene rings is 1. The Morgan fingerprint density at radius 1 is 1.39 bits per heavy atom. The fourth-order valence-electron chi connectivity index (χ4n) is 2.12. The summed E-state index contributed by atoms with van der Waals surface area (Å²) in [4.78, 5) is 4.37. The van der Waals surface area contributed by atoms with Gasteiger partial charge in [-0.1, -0.05) is 18.2 Å². The number of hydrogen-bond acceptors (Lipinski definition) is 2. The van der Waals surface area contributed by atoms with Crippen LogP contribution in [0, 0.1) is 3.57 Å². The van der Waals surface area contributed by atoms with Crippen LogP contribution < -0.4 is 5.32 Å². The zero-order valence-electron chi connectivity index (χ0n) is 10.7. The first kappa shape index (κ1) is 13.5. The molecule has 96 valence electrons. The first-order valence-electron chi connectivity index (χ1n) is 6.10. The number of nitrogens with zero attached hydrogens (tertiary/aromatic N) is 2. The van der Waals surface area contributed by atoms with Gasteiger partial charge in [0.2, 0.25) is 0 Å². The van der Waals surface area contributed by atoms with E-state index in [0.717, 1.165) is 18.7 Å². The summed E-state index contributed by atoms with van der Waals surface area (Å²) >= 11 is 2.40. The summed E-state index contributed by atoms with van der Waals surface area (Å²) in [7, 11) is 4.06. The van der Waals surface area contributed by atoms with E-state index in [-0.39, 0.29) is 0 Å². The molecule has 0 amide bonds. The molecule has 0 aliphatic heterocycles. The van der Waals surface area contributed by atoms with Crippen molar-refractivity contribution in [1.82, 2.24) is 14.9 Å². The van der Waals surface area contributed by atoms with Crippen molar-refractivity contribution in [2.45, 2.75) is 18.9 Å². The van der Waals surface area contributed by atoms with E-state index in [1.165, 1.54) is 9.13 Å². The highest BCUT2D eigenvalue weighted by Gasteiger charge is 2.13. The Morgan fingerprint density at radius 3 is 2.78 bits per heavy atom. The van der Waals surface area contributed by atoms with Crippen molar-refractivity contribution in [1.29, 1.82) is 0 Å². The van der Waals surface area contributed by atoms with Crippen LogP contribution in [0.25, 0.3) is 0 Å². The van der Waals surface area contributed by atoms with E-state index < -0.39 is 0 Å². The molecule has 1 N–H and O–H groups in total. The molecular weight excluding hydrogens is 337 g/mol. The van der Waals surface area contributed by atoms with Crippen LogP contribution in [0.1, 0.15) is 23.9 Å². The van der Waals surface area contributed by atoms with Crippen LogP contribution in [0.5, 0.6) is 0 Å². The van der Waals surface area contributed by atoms with Crippen LogP contribution in [0.4, 0.5) is 0 Å². The third kappa shape index (κ3) is 3.11. The molecule has 0 radical (unpaired) electrons. The third-order valence-corrected chi connectivity index (χ3v) is 4.19. The van der Waals surface area contributed by atoms with Gasteiger partial charge in [0, 0.05) is 35.5 Å². The molecule has 0 saturated carbocycles. The molecule has 4 heteroatoms. The summed E-state index contributed by atoms with van der Waals surface area (Å²) in [5.74, 6) is 1.14. The van der Waals surface area contributed by atoms with Crippen LogP contribution in [-0.2, 0) is 13.5 Å². The molecule has 2 aromatic rings. The summed E-state index contributed by atoms with van der Waals surface area (Å²) in [6.45, 7) is 0. The monoisotopic (exact) mass is 355 g/mol. The van der Waals surface area contributed by atoms with Gasteiger partial charge in [-0.15, -0.1) is 0 Å². The predicted molar refractivity (Wildman–Crippen MR) is 82.5 cm³/mol. The van der Waals surface area contributed by atoms with E-state index >= 15 is 0 Å². The van der Waals surface area contributed by atoms with Gasteiger partial charge in [-0.2, -0.15) is 0 Å². The molecule has 0 fully saturated rings. The molecule has 1 unspecified atom stereocenters. The Hall–Kier alpha value is -0.880. The second-order valence-electron chi connectivity index (χ2n) is 4.36. The number of rotatable bonds is 5. The van der Waals surface area contributed by atoms with Crippen LogP contribution >= 0.6 is 22.6 Å². The van der Waals surface area contributed by atoms with Gasteiger partial charge in [0.15, 0.2) is 0 Å². The quantitative estimate of drug-likeness (QED) is 0.836. The highest BCUT2D eigenvalue weighted by molar-refractivity contribution is 14.1. The first-order chi connectivity index (χ1) is 8.72. The molecule has 0 saturated heterocycles. The van der Waals surface area contributed by atoms with Gasteiger partial charge >= 0.3 is 0 Å². The Bertz CT molecular complexity index is 507. The van der Waals surface area contributed by atoms with Gasteiger partial charge in [0.25, 0.3) is 0 Å². The topological polar surface area (TPSA) is 29.9 Å². The lowest BCUT2D eigenvalue weighted by molar-refractivity contribution is 0.534. The molecule has 1 aromatic carbocycles. The third-order valence-electron chi connectivity index (χ3n) is 3.21. The van der Waals surface area contributed by atoms with Crippen LogP contribution in [0.3, 0.4) is 0 Å². The summed E-state index contributed by atoms with van der Waals surface area (Å²) in [6, 6.07) is 8.91. The number of imidazole rings is 1. The number of halogens is 1. The second kappa shape index (κ2) is 6.33. The molecule has 0 aliphatic rings. The van der Waals surface area contributed by atoms with Crippen molar-refractivity contribution >= 4 is 22.6 Å². The highest BCUT2D eigenvalue weighted by atomic mass is 127. The normalized spacial score (nSPS) is 12.6. The maximum absolute atomic E-state index is 4.37.